The number of hydrogen-bond donors (Lipinski definition) is 2. The fourth-order valence-corrected chi connectivity index (χ4v) is 1.85. The Morgan fingerprint density at radius 1 is 1.04 bits per heavy atom. The van der Waals surface area contributed by atoms with Crippen molar-refractivity contribution in [3.8, 4) is 0 Å². The van der Waals surface area contributed by atoms with E-state index in [4.69, 9.17) is 11.6 Å². The van der Waals surface area contributed by atoms with E-state index in [1.807, 2.05) is 5.43 Å². The third-order valence-corrected chi connectivity index (χ3v) is 3.16. The Hall–Kier alpha value is -2.87. The van der Waals surface area contributed by atoms with Crippen LogP contribution < -0.4 is 10.7 Å². The highest BCUT2D eigenvalue weighted by Crippen LogP contribution is 2.30. The van der Waals surface area contributed by atoms with Gasteiger partial charge in [-0.15, -0.1) is 0 Å². The summed E-state index contributed by atoms with van der Waals surface area (Å²) in [5.41, 5.74) is 1.51. The summed E-state index contributed by atoms with van der Waals surface area (Å²) < 4.78 is 37.8. The van der Waals surface area contributed by atoms with E-state index in [9.17, 15) is 22.8 Å². The second kappa shape index (κ2) is 7.80. The molecule has 25 heavy (non-hydrogen) atoms. The molecule has 0 aromatic heterocycles. The molecule has 2 aromatic rings. The summed E-state index contributed by atoms with van der Waals surface area (Å²) >= 11 is 5.72. The predicted octanol–water partition coefficient (Wildman–Crippen LogP) is 3.45. The second-order valence-electron chi connectivity index (χ2n) is 4.78. The van der Waals surface area contributed by atoms with Crippen LogP contribution in [0.4, 0.5) is 18.9 Å². The quantitative estimate of drug-likeness (QED) is 0.494. The number of nitrogens with one attached hydrogen (secondary N) is 2. The monoisotopic (exact) mass is 369 g/mol. The smallest absolute Gasteiger partial charge is 0.318 e. The molecule has 0 fully saturated rings. The van der Waals surface area contributed by atoms with Crippen molar-refractivity contribution in [2.75, 3.05) is 5.32 Å². The van der Waals surface area contributed by atoms with E-state index in [0.29, 0.717) is 10.6 Å². The summed E-state index contributed by atoms with van der Waals surface area (Å²) in [5, 5.41) is 6.18. The first-order chi connectivity index (χ1) is 11.8. The summed E-state index contributed by atoms with van der Waals surface area (Å²) in [7, 11) is 0. The highest BCUT2D eigenvalue weighted by atomic mass is 35.5. The molecule has 0 bridgehead atoms. The van der Waals surface area contributed by atoms with Crippen LogP contribution in [0.5, 0.6) is 0 Å². The standard InChI is InChI=1S/C16H11ClF3N3O2/c17-12-6-4-10(5-7-12)9-21-23-15(25)14(24)22-13-3-1-2-11(8-13)16(18,19)20/h1-9H,(H,22,24)(H,23,25). The first kappa shape index (κ1) is 18.5. The van der Waals surface area contributed by atoms with Crippen LogP contribution in [0.25, 0.3) is 0 Å². The molecule has 0 aliphatic carbocycles. The maximum absolute atomic E-state index is 12.6. The van der Waals surface area contributed by atoms with E-state index < -0.39 is 23.6 Å². The van der Waals surface area contributed by atoms with Crippen molar-refractivity contribution in [2.24, 2.45) is 5.10 Å². The third kappa shape index (κ3) is 5.61. The number of rotatable bonds is 3. The lowest BCUT2D eigenvalue weighted by atomic mass is 10.2. The normalized spacial score (nSPS) is 11.4. The van der Waals surface area contributed by atoms with E-state index in [0.717, 1.165) is 18.2 Å². The number of benzene rings is 2. The van der Waals surface area contributed by atoms with Crippen LogP contribution in [-0.4, -0.2) is 18.0 Å². The Bertz CT molecular complexity index is 805. The molecule has 0 spiro atoms. The maximum atomic E-state index is 12.6. The van der Waals surface area contributed by atoms with Crippen molar-refractivity contribution in [1.29, 1.82) is 0 Å². The number of halogens is 4. The van der Waals surface area contributed by atoms with Gasteiger partial charge in [-0.2, -0.15) is 18.3 Å². The van der Waals surface area contributed by atoms with Crippen molar-refractivity contribution in [3.05, 3.63) is 64.7 Å². The Kier molecular flexibility index (Phi) is 5.76. The Morgan fingerprint density at radius 2 is 1.72 bits per heavy atom. The number of carbonyl (C=O) groups excluding carboxylic acids is 2. The number of hydrazone groups is 1. The molecule has 2 N–H and O–H groups in total. The molecule has 0 aliphatic heterocycles. The number of alkyl halides is 3. The molecule has 0 saturated carbocycles. The number of nitrogens with zero attached hydrogens (tertiary/aromatic N) is 1. The molecule has 0 aliphatic rings. The Morgan fingerprint density at radius 3 is 2.36 bits per heavy atom. The first-order valence-electron chi connectivity index (χ1n) is 6.83. The molecule has 130 valence electrons. The van der Waals surface area contributed by atoms with E-state index >= 15 is 0 Å². The van der Waals surface area contributed by atoms with E-state index in [1.54, 1.807) is 24.3 Å². The minimum absolute atomic E-state index is 0.156. The lowest BCUT2D eigenvalue weighted by molar-refractivity contribution is -0.137. The highest BCUT2D eigenvalue weighted by Gasteiger charge is 2.30. The molecule has 0 saturated heterocycles. The Labute approximate surface area is 145 Å². The minimum Gasteiger partial charge on any atom is -0.318 e. The maximum Gasteiger partial charge on any atom is 0.416 e. The summed E-state index contributed by atoms with van der Waals surface area (Å²) in [6, 6.07) is 10.4. The van der Waals surface area contributed by atoms with Crippen LogP contribution >= 0.6 is 11.6 Å². The molecule has 2 amide bonds. The van der Waals surface area contributed by atoms with Gasteiger partial charge in [-0.1, -0.05) is 29.8 Å². The molecule has 9 heteroatoms. The van der Waals surface area contributed by atoms with Gasteiger partial charge in [0.15, 0.2) is 0 Å². The van der Waals surface area contributed by atoms with Crippen molar-refractivity contribution < 1.29 is 22.8 Å². The summed E-state index contributed by atoms with van der Waals surface area (Å²) in [6.07, 6.45) is -3.27. The third-order valence-electron chi connectivity index (χ3n) is 2.90. The molecule has 5 nitrogen and oxygen atoms in total. The predicted molar refractivity (Wildman–Crippen MR) is 87.3 cm³/mol. The fraction of sp³-hybridized carbons (Fsp3) is 0.0625. The molecular formula is C16H11ClF3N3O2. The van der Waals surface area contributed by atoms with Crippen LogP contribution in [0.2, 0.25) is 5.02 Å². The lowest BCUT2D eigenvalue weighted by Crippen LogP contribution is -2.32. The molecule has 2 aromatic carbocycles. The van der Waals surface area contributed by atoms with E-state index in [-0.39, 0.29) is 5.69 Å². The molecule has 0 atom stereocenters. The molecule has 2 rings (SSSR count). The van der Waals surface area contributed by atoms with Gasteiger partial charge < -0.3 is 5.32 Å². The molecule has 0 heterocycles. The van der Waals surface area contributed by atoms with Crippen LogP contribution in [0, 0.1) is 0 Å². The average molecular weight is 370 g/mol. The molecule has 0 unspecified atom stereocenters. The van der Waals surface area contributed by atoms with Crippen LogP contribution in [0.1, 0.15) is 11.1 Å². The average Bonchev–Trinajstić information content (AvgIpc) is 2.56. The van der Waals surface area contributed by atoms with Crippen molar-refractivity contribution in [2.45, 2.75) is 6.18 Å². The van der Waals surface area contributed by atoms with Gasteiger partial charge in [-0.25, -0.2) is 5.43 Å². The van der Waals surface area contributed by atoms with E-state index in [2.05, 4.69) is 10.4 Å². The number of carbonyl (C=O) groups is 2. The second-order valence-corrected chi connectivity index (χ2v) is 5.22. The zero-order valence-electron chi connectivity index (χ0n) is 12.5. The Balaban J connectivity index is 1.94. The number of anilines is 1. The van der Waals surface area contributed by atoms with Gasteiger partial charge >= 0.3 is 18.0 Å². The minimum atomic E-state index is -4.55. The topological polar surface area (TPSA) is 70.6 Å². The van der Waals surface area contributed by atoms with Gasteiger partial charge in [0.2, 0.25) is 0 Å². The molecular weight excluding hydrogens is 359 g/mol. The van der Waals surface area contributed by atoms with Crippen LogP contribution in [-0.2, 0) is 15.8 Å². The fourth-order valence-electron chi connectivity index (χ4n) is 1.73. The van der Waals surface area contributed by atoms with Gasteiger partial charge in [0, 0.05) is 10.7 Å². The first-order valence-corrected chi connectivity index (χ1v) is 7.21. The zero-order valence-corrected chi connectivity index (χ0v) is 13.2. The van der Waals surface area contributed by atoms with Gasteiger partial charge in [-0.05, 0) is 35.9 Å². The van der Waals surface area contributed by atoms with Gasteiger partial charge in [-0.3, -0.25) is 9.59 Å². The van der Waals surface area contributed by atoms with Crippen molar-refractivity contribution in [1.82, 2.24) is 5.43 Å². The van der Waals surface area contributed by atoms with Gasteiger partial charge in [0.05, 0.1) is 11.8 Å². The van der Waals surface area contributed by atoms with Crippen molar-refractivity contribution >= 4 is 35.3 Å². The van der Waals surface area contributed by atoms with Gasteiger partial charge in [0.25, 0.3) is 0 Å². The summed E-state index contributed by atoms with van der Waals surface area (Å²) in [6.45, 7) is 0. The van der Waals surface area contributed by atoms with E-state index in [1.165, 1.54) is 12.3 Å². The zero-order chi connectivity index (χ0) is 18.4. The number of hydrogen-bond acceptors (Lipinski definition) is 3. The number of amides is 2. The summed E-state index contributed by atoms with van der Waals surface area (Å²) in [4.78, 5) is 23.3. The lowest BCUT2D eigenvalue weighted by Gasteiger charge is -2.09. The van der Waals surface area contributed by atoms with Crippen LogP contribution in [0.15, 0.2) is 53.6 Å². The molecule has 0 radical (unpaired) electrons. The summed E-state index contributed by atoms with van der Waals surface area (Å²) in [5.74, 6) is -2.27. The SMILES string of the molecule is O=C(NN=Cc1ccc(Cl)cc1)C(=O)Nc1cccc(C(F)(F)F)c1. The largest absolute Gasteiger partial charge is 0.416 e. The highest BCUT2D eigenvalue weighted by molar-refractivity contribution is 6.39. The van der Waals surface area contributed by atoms with Gasteiger partial charge in [0.1, 0.15) is 0 Å². The van der Waals surface area contributed by atoms with Crippen molar-refractivity contribution in [3.63, 3.8) is 0 Å². The van der Waals surface area contributed by atoms with Crippen LogP contribution in [0.3, 0.4) is 0 Å².